The molecule has 1 aliphatic heterocycles. The number of benzene rings is 1. The Hall–Kier alpha value is -0.900. The molecule has 0 bridgehead atoms. The zero-order valence-corrected chi connectivity index (χ0v) is 13.5. The fraction of sp³-hybridized carbons (Fsp3) is 0.667. The molecule has 116 valence electrons. The smallest absolute Gasteiger partial charge is 0.0471 e. The minimum Gasteiger partial charge on any atom is -0.329 e. The molecule has 1 aromatic carbocycles. The minimum atomic E-state index is 0.375. The van der Waals surface area contributed by atoms with Crippen molar-refractivity contribution in [2.24, 2.45) is 5.73 Å². The van der Waals surface area contributed by atoms with Gasteiger partial charge in [-0.3, -0.25) is 9.80 Å². The van der Waals surface area contributed by atoms with E-state index in [0.717, 1.165) is 32.1 Å². The fourth-order valence-corrected chi connectivity index (χ4v) is 3.68. The minimum absolute atomic E-state index is 0.375. The van der Waals surface area contributed by atoms with Gasteiger partial charge < -0.3 is 5.73 Å². The molecule has 0 radical (unpaired) electrons. The Labute approximate surface area is 129 Å². The van der Waals surface area contributed by atoms with Crippen LogP contribution in [-0.2, 0) is 0 Å². The first-order chi connectivity index (χ1) is 10.2. The highest BCUT2D eigenvalue weighted by Crippen LogP contribution is 2.40. The molecule has 2 N–H and O–H groups in total. The van der Waals surface area contributed by atoms with Crippen LogP contribution in [0.1, 0.15) is 49.8 Å². The lowest BCUT2D eigenvalue weighted by Gasteiger charge is -2.42. The molecular weight excluding hydrogens is 258 g/mol. The van der Waals surface area contributed by atoms with Crippen LogP contribution in [0.3, 0.4) is 0 Å². The van der Waals surface area contributed by atoms with Gasteiger partial charge in [-0.15, -0.1) is 0 Å². The van der Waals surface area contributed by atoms with Crippen molar-refractivity contribution in [3.63, 3.8) is 0 Å². The van der Waals surface area contributed by atoms with Crippen LogP contribution in [0.15, 0.2) is 24.3 Å². The van der Waals surface area contributed by atoms with Gasteiger partial charge in [-0.25, -0.2) is 0 Å². The van der Waals surface area contributed by atoms with E-state index in [0.29, 0.717) is 18.6 Å². The predicted molar refractivity (Wildman–Crippen MR) is 88.5 cm³/mol. The Kier molecular flexibility index (Phi) is 4.63. The summed E-state index contributed by atoms with van der Waals surface area (Å²) in [6, 6.07) is 10.3. The third kappa shape index (κ3) is 3.31. The maximum Gasteiger partial charge on any atom is 0.0471 e. The normalized spacial score (nSPS) is 26.0. The number of nitrogens with two attached hydrogens (primary N) is 1. The van der Waals surface area contributed by atoms with E-state index < -0.39 is 0 Å². The van der Waals surface area contributed by atoms with Gasteiger partial charge in [0.25, 0.3) is 0 Å². The van der Waals surface area contributed by atoms with Crippen molar-refractivity contribution < 1.29 is 0 Å². The zero-order chi connectivity index (χ0) is 14.8. The molecule has 0 amide bonds. The number of nitrogens with zero attached hydrogens (tertiary/aromatic N) is 2. The summed E-state index contributed by atoms with van der Waals surface area (Å²) in [5.41, 5.74) is 9.00. The lowest BCUT2D eigenvalue weighted by molar-refractivity contribution is 0.0606. The molecule has 1 saturated heterocycles. The molecule has 2 atom stereocenters. The summed E-state index contributed by atoms with van der Waals surface area (Å²) in [5, 5.41) is 0. The second-order valence-corrected chi connectivity index (χ2v) is 6.66. The predicted octanol–water partition coefficient (Wildman–Crippen LogP) is 2.59. The number of hydrogen-bond donors (Lipinski definition) is 1. The molecule has 2 unspecified atom stereocenters. The van der Waals surface area contributed by atoms with Crippen LogP contribution in [-0.4, -0.2) is 48.6 Å². The molecule has 1 aliphatic carbocycles. The van der Waals surface area contributed by atoms with Crippen molar-refractivity contribution in [2.75, 3.05) is 32.7 Å². The van der Waals surface area contributed by atoms with Crippen molar-refractivity contribution >= 4 is 0 Å². The van der Waals surface area contributed by atoms with Gasteiger partial charge in [-0.1, -0.05) is 31.2 Å². The lowest BCUT2D eigenvalue weighted by atomic mass is 10.00. The van der Waals surface area contributed by atoms with E-state index >= 15 is 0 Å². The van der Waals surface area contributed by atoms with E-state index in [9.17, 15) is 0 Å². The second-order valence-electron chi connectivity index (χ2n) is 6.66. The molecule has 1 saturated carbocycles. The average Bonchev–Trinajstić information content (AvgIpc) is 3.34. The van der Waals surface area contributed by atoms with Crippen LogP contribution in [0.25, 0.3) is 0 Å². The maximum absolute atomic E-state index is 6.10. The second kappa shape index (κ2) is 6.47. The standard InChI is InChI=1S/C18H29N3/c1-3-20-10-11-21(13-14(20)2)18(12-19)17-8-6-16(7-9-17)15-4-5-15/h6-9,14-15,18H,3-5,10-13,19H2,1-2H3. The zero-order valence-electron chi connectivity index (χ0n) is 13.5. The van der Waals surface area contributed by atoms with Gasteiger partial charge >= 0.3 is 0 Å². The first kappa shape index (κ1) is 15.0. The van der Waals surface area contributed by atoms with Gasteiger partial charge in [0.2, 0.25) is 0 Å². The molecule has 1 heterocycles. The fourth-order valence-electron chi connectivity index (χ4n) is 3.68. The Morgan fingerprint density at radius 2 is 1.90 bits per heavy atom. The first-order valence-electron chi connectivity index (χ1n) is 8.51. The molecule has 21 heavy (non-hydrogen) atoms. The number of rotatable bonds is 5. The van der Waals surface area contributed by atoms with E-state index in [1.807, 2.05) is 0 Å². The highest BCUT2D eigenvalue weighted by molar-refractivity contribution is 5.30. The van der Waals surface area contributed by atoms with E-state index in [-0.39, 0.29) is 0 Å². The Bertz CT molecular complexity index is 452. The maximum atomic E-state index is 6.10. The molecule has 3 heteroatoms. The Morgan fingerprint density at radius 1 is 1.19 bits per heavy atom. The van der Waals surface area contributed by atoms with Crippen LogP contribution in [0.5, 0.6) is 0 Å². The van der Waals surface area contributed by atoms with E-state index in [1.54, 1.807) is 0 Å². The summed E-state index contributed by atoms with van der Waals surface area (Å²) < 4.78 is 0. The molecule has 1 aromatic rings. The summed E-state index contributed by atoms with van der Waals surface area (Å²) in [6.07, 6.45) is 2.74. The van der Waals surface area contributed by atoms with Gasteiger partial charge in [-0.2, -0.15) is 0 Å². The average molecular weight is 287 g/mol. The highest BCUT2D eigenvalue weighted by atomic mass is 15.3. The molecule has 0 spiro atoms. The van der Waals surface area contributed by atoms with Crippen molar-refractivity contribution in [1.82, 2.24) is 9.80 Å². The van der Waals surface area contributed by atoms with Crippen LogP contribution in [0, 0.1) is 0 Å². The Morgan fingerprint density at radius 3 is 2.43 bits per heavy atom. The summed E-state index contributed by atoms with van der Waals surface area (Å²) in [6.45, 7) is 9.86. The molecule has 0 aromatic heterocycles. The third-order valence-electron chi connectivity index (χ3n) is 5.24. The summed E-state index contributed by atoms with van der Waals surface area (Å²) in [7, 11) is 0. The van der Waals surface area contributed by atoms with Crippen molar-refractivity contribution in [3.8, 4) is 0 Å². The van der Waals surface area contributed by atoms with Gasteiger partial charge in [0.1, 0.15) is 0 Å². The van der Waals surface area contributed by atoms with Gasteiger partial charge in [0.15, 0.2) is 0 Å². The quantitative estimate of drug-likeness (QED) is 0.903. The van der Waals surface area contributed by atoms with Crippen molar-refractivity contribution in [3.05, 3.63) is 35.4 Å². The number of piperazine rings is 1. The summed E-state index contributed by atoms with van der Waals surface area (Å²) >= 11 is 0. The van der Waals surface area contributed by atoms with E-state index in [2.05, 4.69) is 47.9 Å². The monoisotopic (exact) mass is 287 g/mol. The topological polar surface area (TPSA) is 32.5 Å². The van der Waals surface area contributed by atoms with Crippen LogP contribution in [0.4, 0.5) is 0 Å². The number of likely N-dealkylation sites (N-methyl/N-ethyl adjacent to an activating group) is 1. The van der Waals surface area contributed by atoms with E-state index in [1.165, 1.54) is 24.0 Å². The first-order valence-corrected chi connectivity index (χ1v) is 8.51. The molecule has 2 aliphatic rings. The van der Waals surface area contributed by atoms with Gasteiger partial charge in [0.05, 0.1) is 0 Å². The summed E-state index contributed by atoms with van der Waals surface area (Å²) in [5.74, 6) is 0.837. The van der Waals surface area contributed by atoms with Crippen molar-refractivity contribution in [2.45, 2.75) is 44.7 Å². The highest BCUT2D eigenvalue weighted by Gasteiger charge is 2.28. The largest absolute Gasteiger partial charge is 0.329 e. The van der Waals surface area contributed by atoms with Crippen LogP contribution >= 0.6 is 0 Å². The molecule has 2 fully saturated rings. The van der Waals surface area contributed by atoms with Crippen LogP contribution in [0.2, 0.25) is 0 Å². The summed E-state index contributed by atoms with van der Waals surface area (Å²) in [4.78, 5) is 5.13. The molecule has 3 nitrogen and oxygen atoms in total. The van der Waals surface area contributed by atoms with Crippen LogP contribution < -0.4 is 5.73 Å². The Balaban J connectivity index is 1.69. The SMILES string of the molecule is CCN1CCN(C(CN)c2ccc(C3CC3)cc2)CC1C. The number of hydrogen-bond acceptors (Lipinski definition) is 3. The molecule has 3 rings (SSSR count). The molecular formula is C18H29N3. The van der Waals surface area contributed by atoms with Crippen molar-refractivity contribution in [1.29, 1.82) is 0 Å². The lowest BCUT2D eigenvalue weighted by Crippen LogP contribution is -2.53. The third-order valence-corrected chi connectivity index (χ3v) is 5.24. The van der Waals surface area contributed by atoms with Gasteiger partial charge in [-0.05, 0) is 43.4 Å². The van der Waals surface area contributed by atoms with E-state index in [4.69, 9.17) is 5.73 Å². The van der Waals surface area contributed by atoms with Gasteiger partial charge in [0, 0.05) is 38.3 Å².